The first-order chi connectivity index (χ1) is 13.0. The first kappa shape index (κ1) is 19.1. The van der Waals surface area contributed by atoms with Gasteiger partial charge >= 0.3 is 5.97 Å². The molecule has 2 aromatic rings. The molecule has 6 nitrogen and oxygen atoms in total. The topological polar surface area (TPSA) is 67.9 Å². The van der Waals surface area contributed by atoms with Gasteiger partial charge in [0, 0.05) is 24.0 Å². The Bertz CT molecular complexity index is 871. The van der Waals surface area contributed by atoms with E-state index < -0.39 is 5.97 Å². The summed E-state index contributed by atoms with van der Waals surface area (Å²) in [5.41, 5.74) is 2.35. The summed E-state index contributed by atoms with van der Waals surface area (Å²) in [6.45, 7) is 1.64. The molecule has 7 heteroatoms. The van der Waals surface area contributed by atoms with Crippen molar-refractivity contribution in [3.05, 3.63) is 51.9 Å². The summed E-state index contributed by atoms with van der Waals surface area (Å²) in [5.74, 6) is 0.0582. The number of nitrogens with zero attached hydrogens (tertiary/aromatic N) is 1. The molecule has 3 rings (SSSR count). The molecule has 0 saturated carbocycles. The lowest BCUT2D eigenvalue weighted by atomic mass is 10.0. The number of thiophene rings is 1. The number of ether oxygens (including phenoxy) is 2. The van der Waals surface area contributed by atoms with Crippen LogP contribution in [0.25, 0.3) is 6.08 Å². The van der Waals surface area contributed by atoms with Crippen LogP contribution in [0.5, 0.6) is 5.75 Å². The van der Waals surface area contributed by atoms with Crippen molar-refractivity contribution in [2.45, 2.75) is 13.0 Å². The molecule has 0 spiro atoms. The van der Waals surface area contributed by atoms with Crippen LogP contribution < -0.4 is 10.1 Å². The van der Waals surface area contributed by atoms with E-state index in [4.69, 9.17) is 9.47 Å². The fourth-order valence-corrected chi connectivity index (χ4v) is 4.30. The van der Waals surface area contributed by atoms with Crippen molar-refractivity contribution in [1.29, 1.82) is 0 Å². The number of carbonyl (C=O) groups excluding carboxylic acids is 2. The smallest absolute Gasteiger partial charge is 0.341 e. The summed E-state index contributed by atoms with van der Waals surface area (Å²) in [5, 5.41) is 3.39. The van der Waals surface area contributed by atoms with Gasteiger partial charge in [0.05, 0.1) is 19.8 Å². The van der Waals surface area contributed by atoms with Gasteiger partial charge in [-0.2, -0.15) is 0 Å². The third-order valence-corrected chi connectivity index (χ3v) is 5.55. The predicted molar refractivity (Wildman–Crippen MR) is 106 cm³/mol. The maximum Gasteiger partial charge on any atom is 0.341 e. The van der Waals surface area contributed by atoms with Gasteiger partial charge in [-0.05, 0) is 42.8 Å². The highest BCUT2D eigenvalue weighted by Gasteiger charge is 2.28. The molecule has 0 radical (unpaired) electrons. The van der Waals surface area contributed by atoms with Crippen molar-refractivity contribution in [2.24, 2.45) is 0 Å². The van der Waals surface area contributed by atoms with E-state index in [0.717, 1.165) is 41.3 Å². The van der Waals surface area contributed by atoms with Crippen LogP contribution in [0.1, 0.15) is 26.4 Å². The van der Waals surface area contributed by atoms with Crippen LogP contribution in [0.3, 0.4) is 0 Å². The largest absolute Gasteiger partial charge is 0.497 e. The number of esters is 1. The molecule has 1 aromatic heterocycles. The van der Waals surface area contributed by atoms with Gasteiger partial charge in [0.15, 0.2) is 0 Å². The van der Waals surface area contributed by atoms with Crippen molar-refractivity contribution >= 4 is 34.3 Å². The van der Waals surface area contributed by atoms with Gasteiger partial charge in [-0.15, -0.1) is 11.3 Å². The van der Waals surface area contributed by atoms with E-state index in [2.05, 4.69) is 10.2 Å². The van der Waals surface area contributed by atoms with Crippen LogP contribution in [0.15, 0.2) is 30.3 Å². The Hall–Kier alpha value is -2.64. The monoisotopic (exact) mass is 386 g/mol. The Labute approximate surface area is 162 Å². The first-order valence-electron chi connectivity index (χ1n) is 8.56. The normalized spacial score (nSPS) is 14.0. The summed E-state index contributed by atoms with van der Waals surface area (Å²) >= 11 is 1.44. The molecule has 1 amide bonds. The number of hydrogen-bond donors (Lipinski definition) is 1. The summed E-state index contributed by atoms with van der Waals surface area (Å²) < 4.78 is 10.1. The molecule has 0 atom stereocenters. The number of fused-ring (bicyclic) bond motifs is 1. The van der Waals surface area contributed by atoms with Gasteiger partial charge in [0.1, 0.15) is 10.8 Å². The van der Waals surface area contributed by atoms with E-state index in [1.165, 1.54) is 24.5 Å². The van der Waals surface area contributed by atoms with Crippen LogP contribution in [0.2, 0.25) is 0 Å². The van der Waals surface area contributed by atoms with E-state index in [-0.39, 0.29) is 5.91 Å². The Morgan fingerprint density at radius 1 is 1.22 bits per heavy atom. The molecule has 142 valence electrons. The van der Waals surface area contributed by atoms with Crippen LogP contribution in [-0.2, 0) is 22.5 Å². The molecule has 0 saturated heterocycles. The summed E-state index contributed by atoms with van der Waals surface area (Å²) in [7, 11) is 5.00. The van der Waals surface area contributed by atoms with Crippen LogP contribution >= 0.6 is 11.3 Å². The second-order valence-electron chi connectivity index (χ2n) is 6.28. The quantitative estimate of drug-likeness (QED) is 0.631. The molecule has 0 aliphatic carbocycles. The average Bonchev–Trinajstić information content (AvgIpc) is 3.02. The van der Waals surface area contributed by atoms with Gasteiger partial charge in [-0.3, -0.25) is 4.79 Å². The van der Waals surface area contributed by atoms with E-state index in [0.29, 0.717) is 10.6 Å². The molecular weight excluding hydrogens is 364 g/mol. The number of anilines is 1. The lowest BCUT2D eigenvalue weighted by molar-refractivity contribution is -0.111. The minimum Gasteiger partial charge on any atom is -0.497 e. The van der Waals surface area contributed by atoms with Crippen LogP contribution in [-0.4, -0.2) is 44.6 Å². The van der Waals surface area contributed by atoms with Crippen LogP contribution in [0, 0.1) is 0 Å². The van der Waals surface area contributed by atoms with E-state index in [1.54, 1.807) is 13.2 Å². The number of benzene rings is 1. The molecule has 0 fully saturated rings. The van der Waals surface area contributed by atoms with E-state index >= 15 is 0 Å². The summed E-state index contributed by atoms with van der Waals surface area (Å²) in [6.07, 6.45) is 3.94. The predicted octanol–water partition coefficient (Wildman–Crippen LogP) is 3.18. The van der Waals surface area contributed by atoms with Gasteiger partial charge in [0.25, 0.3) is 0 Å². The second kappa shape index (κ2) is 8.37. The molecule has 2 heterocycles. The zero-order chi connectivity index (χ0) is 19.4. The van der Waals surface area contributed by atoms with Crippen molar-refractivity contribution in [3.63, 3.8) is 0 Å². The van der Waals surface area contributed by atoms with Gasteiger partial charge in [-0.25, -0.2) is 4.79 Å². The second-order valence-corrected chi connectivity index (χ2v) is 7.39. The van der Waals surface area contributed by atoms with Gasteiger partial charge in [0.2, 0.25) is 5.91 Å². The fraction of sp³-hybridized carbons (Fsp3) is 0.300. The molecule has 0 unspecified atom stereocenters. The lowest BCUT2D eigenvalue weighted by Crippen LogP contribution is -2.26. The third-order valence-electron chi connectivity index (χ3n) is 4.42. The highest BCUT2D eigenvalue weighted by atomic mass is 32.1. The zero-order valence-electron chi connectivity index (χ0n) is 15.6. The Morgan fingerprint density at radius 2 is 1.96 bits per heavy atom. The molecule has 1 N–H and O–H groups in total. The SMILES string of the molecule is COC(=O)c1c(NC(=O)/C=C/c2ccc(OC)cc2)sc2c1CCN(C)C2. The van der Waals surface area contributed by atoms with Crippen molar-refractivity contribution in [3.8, 4) is 5.75 Å². The summed E-state index contributed by atoms with van der Waals surface area (Å²) in [4.78, 5) is 27.9. The Kier molecular flexibility index (Phi) is 5.93. The number of likely N-dealkylation sites (N-methyl/N-ethyl adjacent to an activating group) is 1. The number of rotatable bonds is 5. The van der Waals surface area contributed by atoms with Crippen molar-refractivity contribution in [2.75, 3.05) is 33.1 Å². The van der Waals surface area contributed by atoms with Crippen LogP contribution in [0.4, 0.5) is 5.00 Å². The molecule has 27 heavy (non-hydrogen) atoms. The maximum absolute atomic E-state index is 12.4. The zero-order valence-corrected chi connectivity index (χ0v) is 16.4. The molecule has 1 aliphatic rings. The average molecular weight is 386 g/mol. The molecular formula is C20H22N2O4S. The number of methoxy groups -OCH3 is 2. The van der Waals surface area contributed by atoms with Crippen molar-refractivity contribution in [1.82, 2.24) is 4.90 Å². The van der Waals surface area contributed by atoms with Gasteiger partial charge < -0.3 is 19.7 Å². The van der Waals surface area contributed by atoms with Gasteiger partial charge in [-0.1, -0.05) is 12.1 Å². The molecule has 1 aliphatic heterocycles. The van der Waals surface area contributed by atoms with E-state index in [9.17, 15) is 9.59 Å². The Balaban J connectivity index is 1.78. The maximum atomic E-state index is 12.4. The molecule has 1 aromatic carbocycles. The first-order valence-corrected chi connectivity index (χ1v) is 9.38. The third kappa shape index (κ3) is 4.37. The minimum absolute atomic E-state index is 0.289. The lowest BCUT2D eigenvalue weighted by Gasteiger charge is -2.22. The highest BCUT2D eigenvalue weighted by molar-refractivity contribution is 7.17. The number of amides is 1. The van der Waals surface area contributed by atoms with E-state index in [1.807, 2.05) is 31.3 Å². The molecule has 0 bridgehead atoms. The number of hydrogen-bond acceptors (Lipinski definition) is 6. The minimum atomic E-state index is -0.411. The number of nitrogens with one attached hydrogen (secondary N) is 1. The van der Waals surface area contributed by atoms with Crippen molar-refractivity contribution < 1.29 is 19.1 Å². The summed E-state index contributed by atoms with van der Waals surface area (Å²) in [6, 6.07) is 7.39. The standard InChI is InChI=1S/C20H22N2O4S/c1-22-11-10-15-16(12-22)27-19(18(15)20(24)26-3)21-17(23)9-6-13-4-7-14(25-2)8-5-13/h4-9H,10-12H2,1-3H3,(H,21,23)/b9-6+. The Morgan fingerprint density at radius 3 is 2.63 bits per heavy atom. The fourth-order valence-electron chi connectivity index (χ4n) is 2.98. The highest BCUT2D eigenvalue weighted by Crippen LogP contribution is 2.37. The number of carbonyl (C=O) groups is 2.